The molecule has 0 aromatic rings. The minimum atomic E-state index is -1.05. The van der Waals surface area contributed by atoms with Gasteiger partial charge in [-0.15, -0.1) is 0 Å². The molecule has 0 unspecified atom stereocenters. The molecule has 2 heteroatoms. The van der Waals surface area contributed by atoms with Crippen molar-refractivity contribution in [1.82, 2.24) is 0 Å². The second kappa shape index (κ2) is 5.42. The zero-order chi connectivity index (χ0) is 12.1. The Morgan fingerprint density at radius 2 is 1.82 bits per heavy atom. The van der Waals surface area contributed by atoms with Crippen LogP contribution in [-0.2, 0) is 4.74 Å². The summed E-state index contributed by atoms with van der Waals surface area (Å²) in [4.78, 5) is 0. The first-order valence-corrected chi connectivity index (χ1v) is 6.52. The Morgan fingerprint density at radius 1 is 1.24 bits per heavy atom. The predicted molar refractivity (Wildman–Crippen MR) is 68.2 cm³/mol. The molecular weight excluding hydrogens is 212 g/mol. The normalized spacial score (nSPS) is 19.4. The summed E-state index contributed by atoms with van der Waals surface area (Å²) in [5.74, 6) is 2.93. The van der Waals surface area contributed by atoms with Crippen LogP contribution in [-0.4, -0.2) is 17.3 Å². The molecule has 0 fully saturated rings. The lowest BCUT2D eigenvalue weighted by Crippen LogP contribution is -2.31. The number of allylic oxidation sites excluding steroid dienone is 2. The van der Waals surface area contributed by atoms with Gasteiger partial charge in [0.15, 0.2) is 5.60 Å². The minimum absolute atomic E-state index is 0.557. The number of ether oxygens (including phenoxy) is 1. The van der Waals surface area contributed by atoms with Gasteiger partial charge in [0.2, 0.25) is 0 Å². The van der Waals surface area contributed by atoms with Crippen molar-refractivity contribution in [2.24, 2.45) is 0 Å². The van der Waals surface area contributed by atoms with Crippen LogP contribution in [0, 0.1) is 12.0 Å². The van der Waals surface area contributed by atoms with Gasteiger partial charge in [0.1, 0.15) is 6.11 Å². The van der Waals surface area contributed by atoms with E-state index in [0.717, 1.165) is 49.7 Å². The average Bonchev–Trinajstić information content (AvgIpc) is 3.02. The first-order valence-electron chi connectivity index (χ1n) is 6.52. The summed E-state index contributed by atoms with van der Waals surface area (Å²) >= 11 is 0. The molecule has 0 heterocycles. The quantitative estimate of drug-likeness (QED) is 0.599. The van der Waals surface area contributed by atoms with Gasteiger partial charge < -0.3 is 9.84 Å². The Bertz CT molecular complexity index is 369. The van der Waals surface area contributed by atoms with Crippen molar-refractivity contribution in [2.75, 3.05) is 6.61 Å². The molecule has 0 saturated heterocycles. The van der Waals surface area contributed by atoms with Crippen LogP contribution in [0.4, 0.5) is 0 Å². The number of aliphatic hydroxyl groups is 1. The van der Waals surface area contributed by atoms with E-state index in [-0.39, 0.29) is 0 Å². The zero-order valence-electron chi connectivity index (χ0n) is 10.5. The molecule has 0 bridgehead atoms. The Morgan fingerprint density at radius 3 is 2.24 bits per heavy atom. The predicted octanol–water partition coefficient (Wildman–Crippen LogP) is 2.94. The third kappa shape index (κ3) is 2.56. The van der Waals surface area contributed by atoms with Crippen molar-refractivity contribution in [3.8, 4) is 12.0 Å². The highest BCUT2D eigenvalue weighted by Crippen LogP contribution is 2.38. The lowest BCUT2D eigenvalue weighted by atomic mass is 9.85. The molecule has 2 nitrogen and oxygen atoms in total. The van der Waals surface area contributed by atoms with Crippen molar-refractivity contribution in [3.63, 3.8) is 0 Å². The molecule has 2 aliphatic rings. The van der Waals surface area contributed by atoms with Crippen LogP contribution in [0.1, 0.15) is 45.4 Å². The molecule has 2 aliphatic carbocycles. The van der Waals surface area contributed by atoms with E-state index in [9.17, 15) is 5.11 Å². The summed E-state index contributed by atoms with van der Waals surface area (Å²) in [6.07, 6.45) is 13.2. The molecule has 0 aromatic carbocycles. The maximum absolute atomic E-state index is 10.8. The third-order valence-corrected chi connectivity index (χ3v) is 3.46. The van der Waals surface area contributed by atoms with Crippen LogP contribution >= 0.6 is 0 Å². The fourth-order valence-corrected chi connectivity index (χ4v) is 2.55. The average molecular weight is 232 g/mol. The maximum atomic E-state index is 10.8. The molecule has 17 heavy (non-hydrogen) atoms. The van der Waals surface area contributed by atoms with Gasteiger partial charge >= 0.3 is 0 Å². The van der Waals surface area contributed by atoms with E-state index in [0.29, 0.717) is 6.61 Å². The Hall–Kier alpha value is -1.20. The second-order valence-electron chi connectivity index (χ2n) is 4.61. The highest BCUT2D eigenvalue weighted by atomic mass is 16.5. The fourth-order valence-electron chi connectivity index (χ4n) is 2.55. The lowest BCUT2D eigenvalue weighted by molar-refractivity contribution is 0.170. The Kier molecular flexibility index (Phi) is 3.91. The SMILES string of the molecule is CCOC#CC(O)(C1=CCCC1)C1=CCCC1. The van der Waals surface area contributed by atoms with Crippen LogP contribution < -0.4 is 0 Å². The summed E-state index contributed by atoms with van der Waals surface area (Å²) in [5, 5.41) is 10.8. The van der Waals surface area contributed by atoms with Gasteiger partial charge in [-0.3, -0.25) is 0 Å². The van der Waals surface area contributed by atoms with Crippen LogP contribution in [0.5, 0.6) is 0 Å². The van der Waals surface area contributed by atoms with E-state index in [1.54, 1.807) is 0 Å². The Labute approximate surface area is 103 Å². The van der Waals surface area contributed by atoms with Crippen LogP contribution in [0.2, 0.25) is 0 Å². The summed E-state index contributed by atoms with van der Waals surface area (Å²) in [5.41, 5.74) is 1.08. The molecule has 0 radical (unpaired) electrons. The van der Waals surface area contributed by atoms with E-state index in [1.165, 1.54) is 0 Å². The summed E-state index contributed by atoms with van der Waals surface area (Å²) in [7, 11) is 0. The molecule has 0 aromatic heterocycles. The van der Waals surface area contributed by atoms with Crippen LogP contribution in [0.15, 0.2) is 23.3 Å². The standard InChI is InChI=1S/C15H20O2/c1-2-17-12-11-15(16,13-7-3-4-8-13)14-9-5-6-10-14/h7,9,16H,2-6,8,10H2,1H3. The molecule has 0 saturated carbocycles. The molecule has 0 amide bonds. The molecule has 0 aliphatic heterocycles. The topological polar surface area (TPSA) is 29.5 Å². The van der Waals surface area contributed by atoms with Gasteiger partial charge in [0, 0.05) is 0 Å². The monoisotopic (exact) mass is 232 g/mol. The van der Waals surface area contributed by atoms with Crippen molar-refractivity contribution in [1.29, 1.82) is 0 Å². The van der Waals surface area contributed by atoms with Gasteiger partial charge in [-0.25, -0.2) is 0 Å². The van der Waals surface area contributed by atoms with E-state index in [2.05, 4.69) is 24.2 Å². The zero-order valence-corrected chi connectivity index (χ0v) is 10.5. The van der Waals surface area contributed by atoms with Gasteiger partial charge in [0.05, 0.1) is 6.61 Å². The van der Waals surface area contributed by atoms with Gasteiger partial charge in [0.25, 0.3) is 0 Å². The van der Waals surface area contributed by atoms with E-state index in [4.69, 9.17) is 4.74 Å². The molecule has 92 valence electrons. The lowest BCUT2D eigenvalue weighted by Gasteiger charge is -2.25. The molecule has 0 spiro atoms. The minimum Gasteiger partial charge on any atom is -0.447 e. The van der Waals surface area contributed by atoms with Gasteiger partial charge in [-0.2, -0.15) is 0 Å². The second-order valence-corrected chi connectivity index (χ2v) is 4.61. The van der Waals surface area contributed by atoms with E-state index < -0.39 is 5.60 Å². The van der Waals surface area contributed by atoms with Crippen molar-refractivity contribution < 1.29 is 9.84 Å². The Balaban J connectivity index is 2.25. The van der Waals surface area contributed by atoms with Crippen LogP contribution in [0.25, 0.3) is 0 Å². The van der Waals surface area contributed by atoms with E-state index in [1.807, 2.05) is 6.92 Å². The van der Waals surface area contributed by atoms with Crippen molar-refractivity contribution in [2.45, 2.75) is 51.0 Å². The maximum Gasteiger partial charge on any atom is 0.172 e. The van der Waals surface area contributed by atoms with Crippen molar-refractivity contribution in [3.05, 3.63) is 23.3 Å². The number of rotatable bonds is 3. The number of hydrogen-bond acceptors (Lipinski definition) is 2. The highest BCUT2D eigenvalue weighted by Gasteiger charge is 2.36. The largest absolute Gasteiger partial charge is 0.447 e. The first-order chi connectivity index (χ1) is 8.27. The molecule has 1 N–H and O–H groups in total. The number of hydrogen-bond donors (Lipinski definition) is 1. The molecular formula is C15H20O2. The van der Waals surface area contributed by atoms with Crippen molar-refractivity contribution >= 4 is 0 Å². The molecule has 0 atom stereocenters. The van der Waals surface area contributed by atoms with E-state index >= 15 is 0 Å². The summed E-state index contributed by atoms with van der Waals surface area (Å²) < 4.78 is 5.07. The third-order valence-electron chi connectivity index (χ3n) is 3.46. The fraction of sp³-hybridized carbons (Fsp3) is 0.600. The van der Waals surface area contributed by atoms with Gasteiger partial charge in [-0.1, -0.05) is 12.2 Å². The summed E-state index contributed by atoms with van der Waals surface area (Å²) in [6, 6.07) is 0. The van der Waals surface area contributed by atoms with Gasteiger partial charge in [-0.05, 0) is 62.5 Å². The molecule has 2 rings (SSSR count). The first kappa shape index (κ1) is 12.3. The highest BCUT2D eigenvalue weighted by molar-refractivity contribution is 5.45. The summed E-state index contributed by atoms with van der Waals surface area (Å²) in [6.45, 7) is 2.46. The smallest absolute Gasteiger partial charge is 0.172 e. The van der Waals surface area contributed by atoms with Crippen LogP contribution in [0.3, 0.4) is 0 Å².